The molecule has 304 valence electrons. The Balaban J connectivity index is 0.842. The van der Waals surface area contributed by atoms with Gasteiger partial charge in [0, 0.05) is 61.0 Å². The molecule has 12 nitrogen and oxygen atoms in total. The number of ether oxygens (including phenoxy) is 4. The average molecular weight is 796 g/mol. The van der Waals surface area contributed by atoms with E-state index in [1.165, 1.54) is 0 Å². The number of hydrogen-bond donors (Lipinski definition) is 2. The molecule has 0 unspecified atom stereocenters. The number of methoxy groups -OCH3 is 2. The molecule has 0 aliphatic carbocycles. The standard InChI is InChI=1S/C47H49N5O7/c1-47(2,3)50-33-13-9-29(10-14-33)31-19-34-25-48-39-23-43(41(56-4)21-37(39)45(54)51(34)27-31)58-17-7-6-8-18-59-44-24-40-38(22-42(44)57-5)46(55)52-28-32(20-35(52)26-49-40)30-11-15-36(53)16-12-30/h9-16,21-28,34-35,50,53H,6-8,17-20H2,1-5H3/t34-,35-/m0/s1. The molecule has 4 aliphatic heterocycles. The van der Waals surface area contributed by atoms with Crippen LogP contribution in [0.2, 0.25) is 0 Å². The summed E-state index contributed by atoms with van der Waals surface area (Å²) in [7, 11) is 3.12. The third-order valence-corrected chi connectivity index (χ3v) is 10.7. The molecular weight excluding hydrogens is 747 g/mol. The fourth-order valence-electron chi connectivity index (χ4n) is 7.76. The number of fused-ring (bicyclic) bond motifs is 4. The maximum Gasteiger partial charge on any atom is 0.260 e. The van der Waals surface area contributed by atoms with E-state index in [1.54, 1.807) is 66.6 Å². The number of hydrogen-bond acceptors (Lipinski definition) is 10. The van der Waals surface area contributed by atoms with Crippen LogP contribution in [0, 0.1) is 0 Å². The van der Waals surface area contributed by atoms with Crippen LogP contribution in [-0.2, 0) is 0 Å². The summed E-state index contributed by atoms with van der Waals surface area (Å²) in [4.78, 5) is 40.4. The lowest BCUT2D eigenvalue weighted by Gasteiger charge is -2.22. The van der Waals surface area contributed by atoms with Gasteiger partial charge in [-0.2, -0.15) is 0 Å². The van der Waals surface area contributed by atoms with E-state index in [1.807, 2.05) is 30.7 Å². The maximum atomic E-state index is 13.8. The summed E-state index contributed by atoms with van der Waals surface area (Å²) < 4.78 is 23.6. The van der Waals surface area contributed by atoms with Gasteiger partial charge in [0.05, 0.1) is 62.0 Å². The fraction of sp³-hybridized carbons (Fsp3) is 0.319. The molecule has 8 rings (SSSR count). The Morgan fingerprint density at radius 2 is 1.12 bits per heavy atom. The third-order valence-electron chi connectivity index (χ3n) is 10.7. The summed E-state index contributed by atoms with van der Waals surface area (Å²) in [6, 6.07) is 21.9. The summed E-state index contributed by atoms with van der Waals surface area (Å²) in [5, 5.41) is 13.2. The smallest absolute Gasteiger partial charge is 0.260 e. The number of nitrogens with one attached hydrogen (secondary N) is 1. The highest BCUT2D eigenvalue weighted by atomic mass is 16.5. The summed E-state index contributed by atoms with van der Waals surface area (Å²) >= 11 is 0. The molecule has 59 heavy (non-hydrogen) atoms. The van der Waals surface area contributed by atoms with E-state index < -0.39 is 0 Å². The molecule has 4 heterocycles. The number of aliphatic imine (C=N–C) groups is 2. The van der Waals surface area contributed by atoms with Gasteiger partial charge in [-0.15, -0.1) is 0 Å². The molecule has 0 spiro atoms. The second-order valence-corrected chi connectivity index (χ2v) is 16.1. The predicted molar refractivity (Wildman–Crippen MR) is 230 cm³/mol. The van der Waals surface area contributed by atoms with Crippen LogP contribution in [0.1, 0.15) is 84.7 Å². The minimum Gasteiger partial charge on any atom is -0.508 e. The second-order valence-electron chi connectivity index (χ2n) is 16.1. The summed E-state index contributed by atoms with van der Waals surface area (Å²) in [6.45, 7) is 7.27. The zero-order valence-corrected chi connectivity index (χ0v) is 34.0. The Morgan fingerprint density at radius 3 is 1.56 bits per heavy atom. The van der Waals surface area contributed by atoms with Crippen molar-refractivity contribution in [2.45, 2.75) is 70.5 Å². The number of rotatable bonds is 13. The van der Waals surface area contributed by atoms with Crippen molar-refractivity contribution in [1.82, 2.24) is 9.80 Å². The van der Waals surface area contributed by atoms with Gasteiger partial charge in [-0.05, 0) is 98.7 Å². The largest absolute Gasteiger partial charge is 0.508 e. The van der Waals surface area contributed by atoms with Gasteiger partial charge in [0.25, 0.3) is 11.8 Å². The predicted octanol–water partition coefficient (Wildman–Crippen LogP) is 9.19. The quantitative estimate of drug-likeness (QED) is 0.128. The van der Waals surface area contributed by atoms with E-state index in [9.17, 15) is 14.7 Å². The number of carbonyl (C=O) groups is 2. The van der Waals surface area contributed by atoms with Crippen molar-refractivity contribution in [2.75, 3.05) is 32.8 Å². The van der Waals surface area contributed by atoms with Crippen LogP contribution >= 0.6 is 0 Å². The lowest BCUT2D eigenvalue weighted by molar-refractivity contribution is 0.0809. The molecular formula is C47H49N5O7. The van der Waals surface area contributed by atoms with Gasteiger partial charge in [-0.25, -0.2) is 0 Å². The Bertz CT molecular complexity index is 2380. The van der Waals surface area contributed by atoms with Crippen LogP contribution in [0.25, 0.3) is 11.1 Å². The lowest BCUT2D eigenvalue weighted by atomic mass is 10.0. The number of carbonyl (C=O) groups excluding carboxylic acids is 2. The molecule has 0 bridgehead atoms. The monoisotopic (exact) mass is 795 g/mol. The van der Waals surface area contributed by atoms with Gasteiger partial charge >= 0.3 is 0 Å². The zero-order chi connectivity index (χ0) is 41.3. The summed E-state index contributed by atoms with van der Waals surface area (Å²) in [5.74, 6) is 1.90. The molecule has 2 atom stereocenters. The van der Waals surface area contributed by atoms with Gasteiger partial charge in [-0.1, -0.05) is 24.3 Å². The van der Waals surface area contributed by atoms with Gasteiger partial charge in [0.2, 0.25) is 0 Å². The normalized spacial score (nSPS) is 17.9. The van der Waals surface area contributed by atoms with Crippen molar-refractivity contribution >= 4 is 52.5 Å². The SMILES string of the molecule is COc1cc2c(cc1OCCCCCOc1cc3c(cc1OC)C(=O)N1C=C(c4ccc(NC(C)(C)C)cc4)C[C@H]1C=N3)N=C[C@@H]1CC(c3ccc(O)cc3)=CN1C2=O. The molecule has 4 aromatic carbocycles. The van der Waals surface area contributed by atoms with Crippen LogP contribution in [0.4, 0.5) is 17.1 Å². The molecule has 2 N–H and O–H groups in total. The van der Waals surface area contributed by atoms with Crippen molar-refractivity contribution < 1.29 is 33.6 Å². The van der Waals surface area contributed by atoms with E-state index in [-0.39, 0.29) is 35.2 Å². The topological polar surface area (TPSA) is 135 Å². The van der Waals surface area contributed by atoms with Crippen molar-refractivity contribution in [1.29, 1.82) is 0 Å². The molecule has 0 saturated carbocycles. The first-order chi connectivity index (χ1) is 28.5. The number of phenols is 1. The first-order valence-electron chi connectivity index (χ1n) is 20.0. The number of nitrogens with zero attached hydrogens (tertiary/aromatic N) is 4. The highest BCUT2D eigenvalue weighted by molar-refractivity contribution is 6.06. The van der Waals surface area contributed by atoms with Crippen LogP contribution in [-0.4, -0.2) is 84.2 Å². The molecule has 12 heteroatoms. The average Bonchev–Trinajstić information content (AvgIpc) is 3.80. The summed E-state index contributed by atoms with van der Waals surface area (Å²) in [5.41, 5.74) is 7.12. The van der Waals surface area contributed by atoms with Gasteiger partial charge in [0.15, 0.2) is 23.0 Å². The van der Waals surface area contributed by atoms with Crippen molar-refractivity contribution in [3.63, 3.8) is 0 Å². The Labute approximate surface area is 344 Å². The Kier molecular flexibility index (Phi) is 10.9. The number of unbranched alkanes of at least 4 members (excludes halogenated alkanes) is 2. The second kappa shape index (κ2) is 16.4. The number of aromatic hydroxyl groups is 1. The highest BCUT2D eigenvalue weighted by Crippen LogP contribution is 2.42. The molecule has 4 aliphatic rings. The molecule has 4 aromatic rings. The first-order valence-corrected chi connectivity index (χ1v) is 20.0. The van der Waals surface area contributed by atoms with Crippen molar-refractivity contribution in [3.05, 3.63) is 107 Å². The van der Waals surface area contributed by atoms with Gasteiger partial charge < -0.3 is 39.2 Å². The first kappa shape index (κ1) is 39.3. The molecule has 0 radical (unpaired) electrons. The number of amides is 2. The number of anilines is 1. The van der Waals surface area contributed by atoms with E-state index in [4.69, 9.17) is 23.9 Å². The van der Waals surface area contributed by atoms with E-state index >= 15 is 0 Å². The summed E-state index contributed by atoms with van der Waals surface area (Å²) in [6.07, 6.45) is 11.1. The maximum absolute atomic E-state index is 13.8. The van der Waals surface area contributed by atoms with Gasteiger partial charge in [-0.3, -0.25) is 19.6 Å². The highest BCUT2D eigenvalue weighted by Gasteiger charge is 2.35. The third kappa shape index (κ3) is 8.39. The van der Waals surface area contributed by atoms with Crippen LogP contribution < -0.4 is 24.3 Å². The molecule has 0 saturated heterocycles. The van der Waals surface area contributed by atoms with E-state index in [0.717, 1.165) is 47.2 Å². The number of benzene rings is 4. The van der Waals surface area contributed by atoms with Crippen LogP contribution in [0.3, 0.4) is 0 Å². The lowest BCUT2D eigenvalue weighted by Crippen LogP contribution is -2.32. The van der Waals surface area contributed by atoms with E-state index in [0.29, 0.717) is 71.6 Å². The molecule has 0 fully saturated rings. The molecule has 0 aromatic heterocycles. The zero-order valence-electron chi connectivity index (χ0n) is 34.0. The van der Waals surface area contributed by atoms with Crippen LogP contribution in [0.15, 0.2) is 95.2 Å². The van der Waals surface area contributed by atoms with Gasteiger partial charge in [0.1, 0.15) is 5.75 Å². The molecule has 2 amide bonds. The van der Waals surface area contributed by atoms with Crippen LogP contribution in [0.5, 0.6) is 28.7 Å². The minimum atomic E-state index is -0.216. The fourth-order valence-corrected chi connectivity index (χ4v) is 7.76. The number of phenolic OH excluding ortho intramolecular Hbond substituents is 1. The Hall–Kier alpha value is -6.56. The van der Waals surface area contributed by atoms with Crippen molar-refractivity contribution in [2.24, 2.45) is 9.98 Å². The van der Waals surface area contributed by atoms with E-state index in [2.05, 4.69) is 55.3 Å². The minimum absolute atomic E-state index is 0.0333. The Morgan fingerprint density at radius 1 is 0.661 bits per heavy atom. The van der Waals surface area contributed by atoms with Crippen molar-refractivity contribution in [3.8, 4) is 28.7 Å².